The maximum atomic E-state index is 13.0. The van der Waals surface area contributed by atoms with Crippen LogP contribution in [-0.2, 0) is 4.74 Å². The van der Waals surface area contributed by atoms with Gasteiger partial charge in [0.2, 0.25) is 11.2 Å². The Labute approximate surface area is 160 Å². The molecule has 5 atom stereocenters. The molecule has 1 aromatic heterocycles. The van der Waals surface area contributed by atoms with Crippen LogP contribution < -0.4 is 5.43 Å². The first-order valence-corrected chi connectivity index (χ1v) is 8.94. The number of hydrogen-bond donors (Lipinski definition) is 4. The van der Waals surface area contributed by atoms with E-state index in [9.17, 15) is 25.2 Å². The fraction of sp³-hybridized carbons (Fsp3) is 0.286. The van der Waals surface area contributed by atoms with Crippen LogP contribution in [0.4, 0.5) is 0 Å². The lowest BCUT2D eigenvalue weighted by Gasteiger charge is -2.39. The number of rotatable bonds is 2. The number of aromatic hydroxyl groups is 1. The van der Waals surface area contributed by atoms with Crippen LogP contribution in [0.3, 0.4) is 0 Å². The molecule has 146 valence electrons. The zero-order valence-corrected chi connectivity index (χ0v) is 15.0. The Bertz CT molecular complexity index is 1060. The molecule has 3 aromatic rings. The molecule has 0 amide bonds. The number of benzene rings is 2. The average molecular weight is 384 g/mol. The van der Waals surface area contributed by atoms with Crippen LogP contribution in [-0.4, -0.2) is 44.8 Å². The summed E-state index contributed by atoms with van der Waals surface area (Å²) in [6, 6.07) is 13.5. The number of fused-ring (bicyclic) bond motifs is 1. The predicted molar refractivity (Wildman–Crippen MR) is 101 cm³/mol. The van der Waals surface area contributed by atoms with Crippen molar-refractivity contribution in [1.82, 2.24) is 0 Å². The van der Waals surface area contributed by atoms with E-state index in [1.54, 1.807) is 55.5 Å². The van der Waals surface area contributed by atoms with Gasteiger partial charge in [-0.1, -0.05) is 42.5 Å². The lowest BCUT2D eigenvalue weighted by Crippen LogP contribution is -2.53. The van der Waals surface area contributed by atoms with Gasteiger partial charge in [0.1, 0.15) is 30.0 Å². The van der Waals surface area contributed by atoms with Crippen LogP contribution in [0.1, 0.15) is 18.6 Å². The number of aliphatic hydroxyl groups is 3. The van der Waals surface area contributed by atoms with Gasteiger partial charge in [0, 0.05) is 5.56 Å². The molecule has 0 bridgehead atoms. The van der Waals surface area contributed by atoms with Crippen molar-refractivity contribution < 1.29 is 29.6 Å². The highest BCUT2D eigenvalue weighted by Crippen LogP contribution is 2.37. The third-order valence-electron chi connectivity index (χ3n) is 5.12. The van der Waals surface area contributed by atoms with E-state index in [2.05, 4.69) is 0 Å². The van der Waals surface area contributed by atoms with Gasteiger partial charge >= 0.3 is 0 Å². The summed E-state index contributed by atoms with van der Waals surface area (Å²) in [5.41, 5.74) is 0.361. The van der Waals surface area contributed by atoms with Gasteiger partial charge in [-0.2, -0.15) is 0 Å². The van der Waals surface area contributed by atoms with E-state index >= 15 is 0 Å². The number of aliphatic hydroxyl groups excluding tert-OH is 3. The van der Waals surface area contributed by atoms with Gasteiger partial charge < -0.3 is 29.6 Å². The van der Waals surface area contributed by atoms with Gasteiger partial charge in [-0.05, 0) is 18.6 Å². The molecule has 0 unspecified atom stereocenters. The molecular formula is C21H20O7. The summed E-state index contributed by atoms with van der Waals surface area (Å²) in [5, 5.41) is 40.9. The van der Waals surface area contributed by atoms with Crippen molar-refractivity contribution in [3.63, 3.8) is 0 Å². The van der Waals surface area contributed by atoms with Crippen molar-refractivity contribution in [2.45, 2.75) is 37.4 Å². The second kappa shape index (κ2) is 7.03. The molecule has 0 spiro atoms. The Hall–Kier alpha value is -2.71. The average Bonchev–Trinajstić information content (AvgIpc) is 2.72. The molecule has 28 heavy (non-hydrogen) atoms. The largest absolute Gasteiger partial charge is 0.502 e. The molecule has 0 saturated carbocycles. The highest BCUT2D eigenvalue weighted by molar-refractivity contribution is 5.85. The SMILES string of the molecule is C[C@@H]1O[C@@H](c2cccc3oc(-c4ccccc4)c(O)c(=O)c23)[C@H](O)[C@H](O)[C@H]1O. The fourth-order valence-corrected chi connectivity index (χ4v) is 3.59. The van der Waals surface area contributed by atoms with Gasteiger partial charge in [-0.15, -0.1) is 0 Å². The Morgan fingerprint density at radius 2 is 1.61 bits per heavy atom. The van der Waals surface area contributed by atoms with E-state index in [1.165, 1.54) is 0 Å². The molecule has 1 aliphatic heterocycles. The zero-order chi connectivity index (χ0) is 20.0. The number of hydrogen-bond acceptors (Lipinski definition) is 7. The molecule has 4 rings (SSSR count). The molecule has 2 heterocycles. The van der Waals surface area contributed by atoms with Gasteiger partial charge in [0.15, 0.2) is 5.76 Å². The van der Waals surface area contributed by atoms with Crippen molar-refractivity contribution in [2.24, 2.45) is 0 Å². The van der Waals surface area contributed by atoms with Crippen LogP contribution in [0.5, 0.6) is 5.75 Å². The number of ether oxygens (including phenoxy) is 1. The molecular weight excluding hydrogens is 364 g/mol. The highest BCUT2D eigenvalue weighted by Gasteiger charge is 2.43. The molecule has 7 heteroatoms. The smallest absolute Gasteiger partial charge is 0.235 e. The Balaban J connectivity index is 1.90. The van der Waals surface area contributed by atoms with Crippen LogP contribution in [0, 0.1) is 0 Å². The van der Waals surface area contributed by atoms with E-state index in [0.717, 1.165) is 0 Å². The van der Waals surface area contributed by atoms with E-state index in [0.29, 0.717) is 5.56 Å². The monoisotopic (exact) mass is 384 g/mol. The second-order valence-corrected chi connectivity index (χ2v) is 6.93. The molecule has 4 N–H and O–H groups in total. The minimum atomic E-state index is -1.45. The minimum absolute atomic E-state index is 0.0455. The van der Waals surface area contributed by atoms with Crippen molar-refractivity contribution in [3.05, 3.63) is 64.3 Å². The Morgan fingerprint density at radius 1 is 0.893 bits per heavy atom. The molecule has 1 saturated heterocycles. The van der Waals surface area contributed by atoms with E-state index < -0.39 is 41.7 Å². The maximum absolute atomic E-state index is 13.0. The van der Waals surface area contributed by atoms with Gasteiger partial charge in [-0.25, -0.2) is 0 Å². The lowest BCUT2D eigenvalue weighted by molar-refractivity contribution is -0.219. The molecule has 1 aliphatic rings. The Morgan fingerprint density at radius 3 is 2.32 bits per heavy atom. The molecule has 7 nitrogen and oxygen atoms in total. The third kappa shape index (κ3) is 2.89. The van der Waals surface area contributed by atoms with Crippen LogP contribution in [0.25, 0.3) is 22.3 Å². The quantitative estimate of drug-likeness (QED) is 0.531. The third-order valence-corrected chi connectivity index (χ3v) is 5.12. The highest BCUT2D eigenvalue weighted by atomic mass is 16.5. The summed E-state index contributed by atoms with van der Waals surface area (Å²) in [4.78, 5) is 13.0. The topological polar surface area (TPSA) is 120 Å². The van der Waals surface area contributed by atoms with Crippen LogP contribution in [0.15, 0.2) is 57.7 Å². The zero-order valence-electron chi connectivity index (χ0n) is 15.0. The first-order valence-electron chi connectivity index (χ1n) is 8.94. The second-order valence-electron chi connectivity index (χ2n) is 6.93. The predicted octanol–water partition coefficient (Wildman–Crippen LogP) is 1.71. The fourth-order valence-electron chi connectivity index (χ4n) is 3.59. The van der Waals surface area contributed by atoms with Crippen molar-refractivity contribution in [3.8, 4) is 17.1 Å². The van der Waals surface area contributed by atoms with Crippen LogP contribution in [0.2, 0.25) is 0 Å². The Kier molecular flexibility index (Phi) is 4.68. The normalized spacial score (nSPS) is 27.8. The molecule has 0 radical (unpaired) electrons. The van der Waals surface area contributed by atoms with E-state index in [4.69, 9.17) is 9.15 Å². The van der Waals surface area contributed by atoms with Crippen molar-refractivity contribution in [2.75, 3.05) is 0 Å². The maximum Gasteiger partial charge on any atom is 0.235 e. The van der Waals surface area contributed by atoms with E-state index in [-0.39, 0.29) is 22.3 Å². The molecule has 0 aliphatic carbocycles. The van der Waals surface area contributed by atoms with Gasteiger partial charge in [-0.3, -0.25) is 4.79 Å². The summed E-state index contributed by atoms with van der Waals surface area (Å²) in [6.07, 6.45) is -5.97. The van der Waals surface area contributed by atoms with Crippen molar-refractivity contribution >= 4 is 11.0 Å². The summed E-state index contributed by atoms with van der Waals surface area (Å²) in [5.74, 6) is -0.505. The first-order chi connectivity index (χ1) is 13.4. The van der Waals surface area contributed by atoms with Gasteiger partial charge in [0.05, 0.1) is 11.5 Å². The first kappa shape index (κ1) is 18.6. The summed E-state index contributed by atoms with van der Waals surface area (Å²) in [7, 11) is 0. The van der Waals surface area contributed by atoms with E-state index in [1.807, 2.05) is 0 Å². The molecule has 2 aromatic carbocycles. The summed E-state index contributed by atoms with van der Waals surface area (Å²) in [6.45, 7) is 1.56. The minimum Gasteiger partial charge on any atom is -0.502 e. The standard InChI is InChI=1S/C21H20O7/c1-10-15(22)17(24)19(26)21(27-10)12-8-5-9-13-14(12)16(23)18(25)20(28-13)11-6-3-2-4-7-11/h2-10,15,17,19,21-22,24-26H,1H3/t10-,15-,17+,19+,21-/m0/s1. The van der Waals surface area contributed by atoms with Crippen molar-refractivity contribution in [1.29, 1.82) is 0 Å². The summed E-state index contributed by atoms with van der Waals surface area (Å²) < 4.78 is 11.5. The van der Waals surface area contributed by atoms with Gasteiger partial charge in [0.25, 0.3) is 0 Å². The lowest BCUT2D eigenvalue weighted by atomic mass is 9.90. The molecule has 1 fully saturated rings. The summed E-state index contributed by atoms with van der Waals surface area (Å²) >= 11 is 0. The van der Waals surface area contributed by atoms with Crippen LogP contribution >= 0.6 is 0 Å².